The summed E-state index contributed by atoms with van der Waals surface area (Å²) in [4.78, 5) is 14.2. The summed E-state index contributed by atoms with van der Waals surface area (Å²) in [6.45, 7) is 1.82. The second-order valence-electron chi connectivity index (χ2n) is 5.76. The molecule has 1 saturated heterocycles. The van der Waals surface area contributed by atoms with Crippen LogP contribution >= 0.6 is 12.4 Å². The molecule has 0 unspecified atom stereocenters. The van der Waals surface area contributed by atoms with E-state index in [0.29, 0.717) is 32.0 Å². The number of rotatable bonds is 3. The smallest absolute Gasteiger partial charge is 0.378 e. The van der Waals surface area contributed by atoms with Crippen molar-refractivity contribution < 1.29 is 27.1 Å². The lowest BCUT2D eigenvalue weighted by Gasteiger charge is -2.31. The van der Waals surface area contributed by atoms with Crippen LogP contribution in [0.2, 0.25) is 0 Å². The fraction of sp³-hybridized carbons (Fsp3) is 0.278. The minimum Gasteiger partial charge on any atom is -0.378 e. The van der Waals surface area contributed by atoms with Gasteiger partial charge in [-0.15, -0.1) is 12.4 Å². The van der Waals surface area contributed by atoms with Gasteiger partial charge in [0.25, 0.3) is 5.91 Å². The highest BCUT2D eigenvalue weighted by Gasteiger charge is 2.32. The van der Waals surface area contributed by atoms with Crippen molar-refractivity contribution in [3.8, 4) is 0 Å². The van der Waals surface area contributed by atoms with E-state index in [4.69, 9.17) is 4.74 Å². The molecule has 0 bridgehead atoms. The van der Waals surface area contributed by atoms with Crippen molar-refractivity contribution in [2.24, 2.45) is 0 Å². The molecule has 1 aliphatic rings. The van der Waals surface area contributed by atoms with Gasteiger partial charge in [0.1, 0.15) is 5.82 Å². The standard InChI is InChI=1S/C18H16F4N2O2.ClH/c19-14-4-2-1-3-13(14)17(25)23-15-11-12(18(20,21)22)5-6-16(15)24-7-9-26-10-8-24;/h1-6,11H,7-10H2,(H,23,25);1H. The molecule has 1 aliphatic heterocycles. The first-order valence-corrected chi connectivity index (χ1v) is 7.96. The summed E-state index contributed by atoms with van der Waals surface area (Å²) in [6.07, 6.45) is -4.55. The van der Waals surface area contributed by atoms with Gasteiger partial charge in [-0.1, -0.05) is 12.1 Å². The number of amides is 1. The van der Waals surface area contributed by atoms with Crippen LogP contribution < -0.4 is 10.2 Å². The van der Waals surface area contributed by atoms with Gasteiger partial charge in [-0.25, -0.2) is 4.39 Å². The molecule has 2 aromatic rings. The molecule has 1 N–H and O–H groups in total. The number of carbonyl (C=O) groups is 1. The van der Waals surface area contributed by atoms with Gasteiger partial charge < -0.3 is 15.0 Å². The number of nitrogens with zero attached hydrogens (tertiary/aromatic N) is 1. The number of ether oxygens (including phenoxy) is 1. The molecule has 146 valence electrons. The van der Waals surface area contributed by atoms with Crippen LogP contribution in [0.3, 0.4) is 0 Å². The Balaban J connectivity index is 0.00000261. The average Bonchev–Trinajstić information content (AvgIpc) is 2.62. The number of hydrogen-bond acceptors (Lipinski definition) is 3. The Labute approximate surface area is 159 Å². The Morgan fingerprint density at radius 1 is 1.07 bits per heavy atom. The number of carbonyl (C=O) groups excluding carboxylic acids is 1. The molecule has 1 heterocycles. The lowest BCUT2D eigenvalue weighted by molar-refractivity contribution is -0.137. The van der Waals surface area contributed by atoms with E-state index in [1.807, 2.05) is 4.90 Å². The second-order valence-corrected chi connectivity index (χ2v) is 5.76. The lowest BCUT2D eigenvalue weighted by Crippen LogP contribution is -2.37. The summed E-state index contributed by atoms with van der Waals surface area (Å²) in [5.41, 5.74) is -0.711. The lowest BCUT2D eigenvalue weighted by atomic mass is 10.1. The van der Waals surface area contributed by atoms with Crippen molar-refractivity contribution in [3.63, 3.8) is 0 Å². The van der Waals surface area contributed by atoms with Crippen LogP contribution in [0.25, 0.3) is 0 Å². The summed E-state index contributed by atoms with van der Waals surface area (Å²) in [5, 5.41) is 2.42. The van der Waals surface area contributed by atoms with Crippen LogP contribution in [-0.2, 0) is 10.9 Å². The topological polar surface area (TPSA) is 41.6 Å². The molecule has 4 nitrogen and oxygen atoms in total. The predicted octanol–water partition coefficient (Wildman–Crippen LogP) is 4.36. The fourth-order valence-electron chi connectivity index (χ4n) is 2.73. The van der Waals surface area contributed by atoms with Gasteiger partial charge in [0.05, 0.1) is 35.7 Å². The SMILES string of the molecule is Cl.O=C(Nc1cc(C(F)(F)F)ccc1N1CCOCC1)c1ccccc1F. The Morgan fingerprint density at radius 2 is 1.74 bits per heavy atom. The Bertz CT molecular complexity index is 808. The molecule has 0 saturated carbocycles. The maximum atomic E-state index is 13.8. The number of halogens is 5. The van der Waals surface area contributed by atoms with E-state index in [1.54, 1.807) is 0 Å². The summed E-state index contributed by atoms with van der Waals surface area (Å²) >= 11 is 0. The number of benzene rings is 2. The van der Waals surface area contributed by atoms with E-state index in [-0.39, 0.29) is 23.7 Å². The second kappa shape index (κ2) is 8.58. The largest absolute Gasteiger partial charge is 0.416 e. The average molecular weight is 405 g/mol. The number of hydrogen-bond donors (Lipinski definition) is 1. The highest BCUT2D eigenvalue weighted by molar-refractivity contribution is 6.06. The van der Waals surface area contributed by atoms with Gasteiger partial charge in [-0.2, -0.15) is 13.2 Å². The van der Waals surface area contributed by atoms with E-state index < -0.39 is 23.5 Å². The zero-order chi connectivity index (χ0) is 18.7. The maximum absolute atomic E-state index is 13.8. The molecule has 0 atom stereocenters. The van der Waals surface area contributed by atoms with Crippen LogP contribution in [0.15, 0.2) is 42.5 Å². The van der Waals surface area contributed by atoms with Gasteiger partial charge in [0, 0.05) is 13.1 Å². The minimum atomic E-state index is -4.55. The third kappa shape index (κ3) is 4.90. The molecule has 3 rings (SSSR count). The number of nitrogens with one attached hydrogen (secondary N) is 1. The van der Waals surface area contributed by atoms with Crippen molar-refractivity contribution >= 4 is 29.7 Å². The van der Waals surface area contributed by atoms with Crippen LogP contribution in [0.4, 0.5) is 28.9 Å². The van der Waals surface area contributed by atoms with Crippen molar-refractivity contribution in [3.05, 3.63) is 59.4 Å². The van der Waals surface area contributed by atoms with Crippen LogP contribution in [-0.4, -0.2) is 32.2 Å². The maximum Gasteiger partial charge on any atom is 0.416 e. The van der Waals surface area contributed by atoms with Crippen molar-refractivity contribution in [1.82, 2.24) is 0 Å². The normalized spacial score (nSPS) is 14.4. The number of alkyl halides is 3. The summed E-state index contributed by atoms with van der Waals surface area (Å²) in [6, 6.07) is 8.43. The third-order valence-electron chi connectivity index (χ3n) is 4.04. The molecule has 0 aromatic heterocycles. The monoisotopic (exact) mass is 404 g/mol. The van der Waals surface area contributed by atoms with E-state index >= 15 is 0 Å². The first-order chi connectivity index (χ1) is 12.4. The number of morpholine rings is 1. The van der Waals surface area contributed by atoms with Gasteiger partial charge in [-0.3, -0.25) is 4.79 Å². The number of anilines is 2. The zero-order valence-corrected chi connectivity index (χ0v) is 14.9. The molecule has 9 heteroatoms. The van der Waals surface area contributed by atoms with E-state index in [1.165, 1.54) is 24.3 Å². The van der Waals surface area contributed by atoms with Crippen molar-refractivity contribution in [2.75, 3.05) is 36.5 Å². The zero-order valence-electron chi connectivity index (χ0n) is 14.1. The van der Waals surface area contributed by atoms with Crippen molar-refractivity contribution in [2.45, 2.75) is 6.18 Å². The van der Waals surface area contributed by atoms with Gasteiger partial charge >= 0.3 is 6.18 Å². The quantitative estimate of drug-likeness (QED) is 0.773. The van der Waals surface area contributed by atoms with Crippen LogP contribution in [0.1, 0.15) is 15.9 Å². The Morgan fingerprint density at radius 3 is 2.37 bits per heavy atom. The van der Waals surface area contributed by atoms with Gasteiger partial charge in [0.15, 0.2) is 0 Å². The van der Waals surface area contributed by atoms with Crippen LogP contribution in [0.5, 0.6) is 0 Å². The van der Waals surface area contributed by atoms with E-state index in [9.17, 15) is 22.4 Å². The molecule has 1 fully saturated rings. The molecule has 0 aliphatic carbocycles. The van der Waals surface area contributed by atoms with E-state index in [0.717, 1.165) is 18.2 Å². The van der Waals surface area contributed by atoms with Gasteiger partial charge in [0.2, 0.25) is 0 Å². The van der Waals surface area contributed by atoms with Crippen LogP contribution in [0, 0.1) is 5.82 Å². The molecule has 0 spiro atoms. The molecule has 0 radical (unpaired) electrons. The van der Waals surface area contributed by atoms with Gasteiger partial charge in [-0.05, 0) is 30.3 Å². The molecular weight excluding hydrogens is 388 g/mol. The molecule has 1 amide bonds. The Hall–Kier alpha value is -2.32. The summed E-state index contributed by atoms with van der Waals surface area (Å²) in [5.74, 6) is -1.55. The highest BCUT2D eigenvalue weighted by Crippen LogP contribution is 2.36. The first kappa shape index (κ1) is 21.0. The highest BCUT2D eigenvalue weighted by atomic mass is 35.5. The minimum absolute atomic E-state index is 0. The fourth-order valence-corrected chi connectivity index (χ4v) is 2.73. The summed E-state index contributed by atoms with van der Waals surface area (Å²) < 4.78 is 58.2. The third-order valence-corrected chi connectivity index (χ3v) is 4.04. The van der Waals surface area contributed by atoms with E-state index in [2.05, 4.69) is 5.32 Å². The first-order valence-electron chi connectivity index (χ1n) is 7.96. The molecule has 27 heavy (non-hydrogen) atoms. The predicted molar refractivity (Wildman–Crippen MR) is 96.1 cm³/mol. The van der Waals surface area contributed by atoms with Crippen molar-refractivity contribution in [1.29, 1.82) is 0 Å². The summed E-state index contributed by atoms with van der Waals surface area (Å²) in [7, 11) is 0. The molecule has 2 aromatic carbocycles. The molecular formula is C18H17ClF4N2O2. The Kier molecular flexibility index (Phi) is 6.67.